The number of aromatic nitrogens is 1. The molecule has 0 aliphatic carbocycles. The minimum Gasteiger partial charge on any atom is -0.306 e. The molecule has 0 unspecified atom stereocenters. The largest absolute Gasteiger partial charge is 0.306 e. The van der Waals surface area contributed by atoms with E-state index in [9.17, 15) is 0 Å². The molecule has 3 nitrogen and oxygen atoms in total. The van der Waals surface area contributed by atoms with Gasteiger partial charge in [-0.3, -0.25) is 4.90 Å². The number of hydrogen-bond donors (Lipinski definition) is 0. The lowest BCUT2D eigenvalue weighted by Gasteiger charge is -2.35. The second-order valence-corrected chi connectivity index (χ2v) is 5.80. The molecular weight excluding hydrogens is 269 g/mol. The highest BCUT2D eigenvalue weighted by Crippen LogP contribution is 2.21. The van der Waals surface area contributed by atoms with Gasteiger partial charge in [0.2, 0.25) is 0 Å². The molecule has 1 aromatic rings. The van der Waals surface area contributed by atoms with Crippen LogP contribution in [0.5, 0.6) is 0 Å². The molecule has 1 fully saturated rings. The van der Waals surface area contributed by atoms with Gasteiger partial charge in [0, 0.05) is 18.2 Å². The molecule has 0 atom stereocenters. The summed E-state index contributed by atoms with van der Waals surface area (Å²) in [7, 11) is 4.31. The molecule has 0 radical (unpaired) electrons. The van der Waals surface area contributed by atoms with Gasteiger partial charge < -0.3 is 4.90 Å². The van der Waals surface area contributed by atoms with Crippen molar-refractivity contribution in [1.82, 2.24) is 14.8 Å². The third-order valence-electron chi connectivity index (χ3n) is 3.57. The molecule has 1 aromatic heterocycles. The molecule has 1 aliphatic heterocycles. The Bertz CT molecular complexity index is 401. The monoisotopic (exact) mass is 287 g/mol. The van der Waals surface area contributed by atoms with Crippen LogP contribution in [0.2, 0.25) is 10.3 Å². The highest BCUT2D eigenvalue weighted by Gasteiger charge is 2.21. The van der Waals surface area contributed by atoms with Crippen LogP contribution in [-0.4, -0.2) is 48.0 Å². The zero-order valence-electron chi connectivity index (χ0n) is 10.9. The predicted octanol–water partition coefficient (Wildman–Crippen LogP) is 2.91. The zero-order valence-corrected chi connectivity index (χ0v) is 12.4. The Morgan fingerprint density at radius 1 is 1.28 bits per heavy atom. The first-order valence-corrected chi connectivity index (χ1v) is 7.01. The van der Waals surface area contributed by atoms with Crippen LogP contribution in [0.15, 0.2) is 12.1 Å². The van der Waals surface area contributed by atoms with Crippen LogP contribution in [0.4, 0.5) is 0 Å². The number of nitrogens with zero attached hydrogens (tertiary/aromatic N) is 3. The maximum atomic E-state index is 6.10. The van der Waals surface area contributed by atoms with Crippen LogP contribution in [0.3, 0.4) is 0 Å². The lowest BCUT2D eigenvalue weighted by atomic mass is 10.0. The Balaban J connectivity index is 1.91. The van der Waals surface area contributed by atoms with Crippen molar-refractivity contribution in [3.63, 3.8) is 0 Å². The van der Waals surface area contributed by atoms with E-state index in [0.717, 1.165) is 25.2 Å². The molecule has 2 heterocycles. The molecule has 5 heteroatoms. The standard InChI is InChI=1S/C13H19Cl2N3/c1-17(2)11-5-7-18(8-6-11)9-10-3-4-12(14)16-13(10)15/h3-4,11H,5-9H2,1-2H3. The summed E-state index contributed by atoms with van der Waals surface area (Å²) < 4.78 is 0. The molecule has 0 bridgehead atoms. The lowest BCUT2D eigenvalue weighted by molar-refractivity contribution is 0.140. The fourth-order valence-corrected chi connectivity index (χ4v) is 2.80. The third-order valence-corrected chi connectivity index (χ3v) is 4.11. The Morgan fingerprint density at radius 2 is 1.94 bits per heavy atom. The zero-order chi connectivity index (χ0) is 13.1. The second kappa shape index (κ2) is 6.20. The van der Waals surface area contributed by atoms with E-state index < -0.39 is 0 Å². The number of halogens is 2. The molecule has 100 valence electrons. The minimum atomic E-state index is 0.454. The van der Waals surface area contributed by atoms with E-state index in [0.29, 0.717) is 16.3 Å². The van der Waals surface area contributed by atoms with Gasteiger partial charge in [-0.15, -0.1) is 0 Å². The maximum absolute atomic E-state index is 6.10. The van der Waals surface area contributed by atoms with Crippen LogP contribution in [0, 0.1) is 0 Å². The van der Waals surface area contributed by atoms with Gasteiger partial charge in [-0.1, -0.05) is 29.3 Å². The van der Waals surface area contributed by atoms with E-state index >= 15 is 0 Å². The van der Waals surface area contributed by atoms with Crippen molar-refractivity contribution in [1.29, 1.82) is 0 Å². The van der Waals surface area contributed by atoms with E-state index in [-0.39, 0.29) is 0 Å². The second-order valence-electron chi connectivity index (χ2n) is 5.05. The maximum Gasteiger partial charge on any atom is 0.135 e. The van der Waals surface area contributed by atoms with E-state index in [1.165, 1.54) is 12.8 Å². The van der Waals surface area contributed by atoms with Crippen LogP contribution in [0.1, 0.15) is 18.4 Å². The van der Waals surface area contributed by atoms with Gasteiger partial charge >= 0.3 is 0 Å². The van der Waals surface area contributed by atoms with Crippen LogP contribution in [0.25, 0.3) is 0 Å². The first-order valence-electron chi connectivity index (χ1n) is 6.26. The van der Waals surface area contributed by atoms with Gasteiger partial charge in [0.15, 0.2) is 0 Å². The molecule has 0 spiro atoms. The highest BCUT2D eigenvalue weighted by molar-refractivity contribution is 6.32. The fraction of sp³-hybridized carbons (Fsp3) is 0.615. The van der Waals surface area contributed by atoms with Crippen molar-refractivity contribution < 1.29 is 0 Å². The molecule has 0 saturated carbocycles. The smallest absolute Gasteiger partial charge is 0.135 e. The number of hydrogen-bond acceptors (Lipinski definition) is 3. The van der Waals surface area contributed by atoms with Gasteiger partial charge in [0.1, 0.15) is 10.3 Å². The number of likely N-dealkylation sites (tertiary alicyclic amines) is 1. The van der Waals surface area contributed by atoms with Gasteiger partial charge in [-0.05, 0) is 46.1 Å². The fourth-order valence-electron chi connectivity index (χ4n) is 2.39. The first kappa shape index (κ1) is 14.1. The summed E-state index contributed by atoms with van der Waals surface area (Å²) in [5, 5.41) is 0.979. The van der Waals surface area contributed by atoms with Crippen LogP contribution in [-0.2, 0) is 6.54 Å². The molecule has 0 aromatic carbocycles. The molecule has 18 heavy (non-hydrogen) atoms. The average molecular weight is 288 g/mol. The molecule has 1 saturated heterocycles. The van der Waals surface area contributed by atoms with Crippen molar-refractivity contribution in [2.75, 3.05) is 27.2 Å². The number of piperidine rings is 1. The normalized spacial score (nSPS) is 18.5. The van der Waals surface area contributed by atoms with Crippen molar-refractivity contribution in [3.05, 3.63) is 28.0 Å². The Labute approximate surface area is 119 Å². The van der Waals surface area contributed by atoms with E-state index in [4.69, 9.17) is 23.2 Å². The molecule has 0 N–H and O–H groups in total. The first-order chi connectivity index (χ1) is 8.56. The summed E-state index contributed by atoms with van der Waals surface area (Å²) in [5.74, 6) is 0. The van der Waals surface area contributed by atoms with Gasteiger partial charge in [0.05, 0.1) is 0 Å². The average Bonchev–Trinajstić information content (AvgIpc) is 2.33. The van der Waals surface area contributed by atoms with Gasteiger partial charge in [0.25, 0.3) is 0 Å². The van der Waals surface area contributed by atoms with Gasteiger partial charge in [-0.25, -0.2) is 4.98 Å². The summed E-state index contributed by atoms with van der Waals surface area (Å²) >= 11 is 11.9. The molecule has 0 amide bonds. The van der Waals surface area contributed by atoms with Crippen molar-refractivity contribution in [2.24, 2.45) is 0 Å². The van der Waals surface area contributed by atoms with Crippen LogP contribution < -0.4 is 0 Å². The van der Waals surface area contributed by atoms with Crippen LogP contribution >= 0.6 is 23.2 Å². The van der Waals surface area contributed by atoms with E-state index in [1.54, 1.807) is 6.07 Å². The number of rotatable bonds is 3. The summed E-state index contributed by atoms with van der Waals surface area (Å²) in [6, 6.07) is 4.48. The Morgan fingerprint density at radius 3 is 2.50 bits per heavy atom. The highest BCUT2D eigenvalue weighted by atomic mass is 35.5. The SMILES string of the molecule is CN(C)C1CCN(Cc2ccc(Cl)nc2Cl)CC1. The quantitative estimate of drug-likeness (QED) is 0.797. The molecule has 1 aliphatic rings. The number of pyridine rings is 1. The Hall–Kier alpha value is -0.350. The topological polar surface area (TPSA) is 19.4 Å². The van der Waals surface area contributed by atoms with Crippen molar-refractivity contribution in [2.45, 2.75) is 25.4 Å². The molecule has 2 rings (SSSR count). The predicted molar refractivity (Wildman–Crippen MR) is 76.2 cm³/mol. The summed E-state index contributed by atoms with van der Waals surface area (Å²) in [6.45, 7) is 3.09. The summed E-state index contributed by atoms with van der Waals surface area (Å²) in [6.07, 6.45) is 2.43. The third kappa shape index (κ3) is 3.58. The Kier molecular flexibility index (Phi) is 4.84. The van der Waals surface area contributed by atoms with Gasteiger partial charge in [-0.2, -0.15) is 0 Å². The summed E-state index contributed by atoms with van der Waals surface area (Å²) in [5.41, 5.74) is 1.06. The van der Waals surface area contributed by atoms with Crippen molar-refractivity contribution in [3.8, 4) is 0 Å². The summed E-state index contributed by atoms with van der Waals surface area (Å²) in [4.78, 5) is 8.82. The van der Waals surface area contributed by atoms with E-state index in [1.807, 2.05) is 6.07 Å². The van der Waals surface area contributed by atoms with Crippen molar-refractivity contribution >= 4 is 23.2 Å². The minimum absolute atomic E-state index is 0.454. The molecular formula is C13H19Cl2N3. The lowest BCUT2D eigenvalue weighted by Crippen LogP contribution is -2.41. The van der Waals surface area contributed by atoms with E-state index in [2.05, 4.69) is 28.9 Å².